The van der Waals surface area contributed by atoms with Crippen LogP contribution >= 0.6 is 0 Å². The number of hydrogen-bond donors (Lipinski definition) is 1. The van der Waals surface area contributed by atoms with Gasteiger partial charge in [-0.3, -0.25) is 9.69 Å². The number of rotatable bonds is 5. The molecule has 0 bridgehead atoms. The van der Waals surface area contributed by atoms with Crippen LogP contribution < -0.4 is 4.90 Å². The Morgan fingerprint density at radius 2 is 1.72 bits per heavy atom. The number of likely N-dealkylation sites (tertiary alicyclic amines) is 1. The molecule has 6 rings (SSSR count). The summed E-state index contributed by atoms with van der Waals surface area (Å²) >= 11 is 0. The molecule has 0 saturated carbocycles. The number of anilines is 1. The lowest BCUT2D eigenvalue weighted by atomic mass is 10.1. The highest BCUT2D eigenvalue weighted by molar-refractivity contribution is 6.10. The van der Waals surface area contributed by atoms with Crippen LogP contribution in [-0.4, -0.2) is 76.5 Å². The average Bonchev–Trinajstić information content (AvgIpc) is 3.57. The lowest BCUT2D eigenvalue weighted by molar-refractivity contribution is 0.0793. The highest BCUT2D eigenvalue weighted by Crippen LogP contribution is 2.31. The SMILES string of the molecule is O=C(c1ccc2[nH]c3c(N4CCN(CCc5ccc(F)c(F)c5)CC4)ncnc3c2c1)N1CCCC1. The molecule has 0 spiro atoms. The van der Waals surface area contributed by atoms with Gasteiger partial charge in [-0.15, -0.1) is 0 Å². The number of aromatic nitrogens is 3. The molecular weight excluding hydrogens is 462 g/mol. The maximum absolute atomic E-state index is 13.5. The number of nitrogens with zero attached hydrogens (tertiary/aromatic N) is 5. The van der Waals surface area contributed by atoms with Gasteiger partial charge in [-0.25, -0.2) is 18.7 Å². The smallest absolute Gasteiger partial charge is 0.253 e. The van der Waals surface area contributed by atoms with Gasteiger partial charge in [0.15, 0.2) is 17.5 Å². The van der Waals surface area contributed by atoms with Gasteiger partial charge < -0.3 is 14.8 Å². The molecule has 9 heteroatoms. The van der Waals surface area contributed by atoms with E-state index in [4.69, 9.17) is 0 Å². The van der Waals surface area contributed by atoms with E-state index in [0.717, 1.165) is 92.0 Å². The van der Waals surface area contributed by atoms with Crippen molar-refractivity contribution in [1.82, 2.24) is 24.8 Å². The van der Waals surface area contributed by atoms with Crippen molar-refractivity contribution in [3.63, 3.8) is 0 Å². The molecule has 7 nitrogen and oxygen atoms in total. The third-order valence-corrected chi connectivity index (χ3v) is 7.37. The Labute approximate surface area is 207 Å². The predicted molar refractivity (Wildman–Crippen MR) is 135 cm³/mol. The molecule has 2 aromatic carbocycles. The lowest BCUT2D eigenvalue weighted by Gasteiger charge is -2.35. The number of nitrogens with one attached hydrogen (secondary N) is 1. The second-order valence-corrected chi connectivity index (χ2v) is 9.63. The summed E-state index contributed by atoms with van der Waals surface area (Å²) in [5, 5.41) is 0.934. The van der Waals surface area contributed by atoms with Crippen molar-refractivity contribution >= 4 is 33.7 Å². The van der Waals surface area contributed by atoms with Crippen LogP contribution in [0.2, 0.25) is 0 Å². The molecule has 2 aromatic heterocycles. The maximum Gasteiger partial charge on any atom is 0.253 e. The van der Waals surface area contributed by atoms with Gasteiger partial charge in [0.05, 0.1) is 0 Å². The van der Waals surface area contributed by atoms with Crippen molar-refractivity contribution in [3.8, 4) is 0 Å². The fourth-order valence-electron chi connectivity index (χ4n) is 5.32. The molecule has 2 fully saturated rings. The Kier molecular flexibility index (Phi) is 6.00. The highest BCUT2D eigenvalue weighted by Gasteiger charge is 2.23. The van der Waals surface area contributed by atoms with Crippen LogP contribution in [0.5, 0.6) is 0 Å². The van der Waals surface area contributed by atoms with Crippen LogP contribution in [0.1, 0.15) is 28.8 Å². The fraction of sp³-hybridized carbons (Fsp3) is 0.370. The van der Waals surface area contributed by atoms with Gasteiger partial charge in [0, 0.05) is 62.3 Å². The zero-order valence-electron chi connectivity index (χ0n) is 20.0. The zero-order valence-corrected chi connectivity index (χ0v) is 20.0. The number of carbonyl (C=O) groups excluding carboxylic acids is 1. The van der Waals surface area contributed by atoms with Crippen molar-refractivity contribution in [3.05, 3.63) is 65.5 Å². The molecule has 0 radical (unpaired) electrons. The van der Waals surface area contributed by atoms with E-state index in [-0.39, 0.29) is 5.91 Å². The van der Waals surface area contributed by atoms with Crippen LogP contribution in [0.4, 0.5) is 14.6 Å². The molecule has 4 aromatic rings. The van der Waals surface area contributed by atoms with Gasteiger partial charge in [-0.2, -0.15) is 0 Å². The molecule has 1 N–H and O–H groups in total. The number of piperazine rings is 1. The summed E-state index contributed by atoms with van der Waals surface area (Å²) in [6.45, 7) is 5.75. The summed E-state index contributed by atoms with van der Waals surface area (Å²) < 4.78 is 26.7. The standard InChI is InChI=1S/C27H28F2N6O/c28-21-5-3-18(15-22(21)29)7-10-33-11-13-34(14-12-33)26-25-24(30-17-31-26)20-16-19(4-6-23(20)32-25)27(36)35-8-1-2-9-35/h3-6,15-17,32H,1-2,7-14H2. The van der Waals surface area contributed by atoms with Crippen molar-refractivity contribution in [2.24, 2.45) is 0 Å². The first kappa shape index (κ1) is 22.8. The van der Waals surface area contributed by atoms with Crippen LogP contribution in [0.25, 0.3) is 21.9 Å². The molecule has 0 aliphatic carbocycles. The topological polar surface area (TPSA) is 68.4 Å². The fourth-order valence-corrected chi connectivity index (χ4v) is 5.32. The molecule has 1 amide bonds. The minimum absolute atomic E-state index is 0.0810. The molecule has 0 unspecified atom stereocenters. The van der Waals surface area contributed by atoms with Crippen molar-refractivity contribution in [2.45, 2.75) is 19.3 Å². The summed E-state index contributed by atoms with van der Waals surface area (Å²) in [4.78, 5) is 32.0. The number of aromatic amines is 1. The summed E-state index contributed by atoms with van der Waals surface area (Å²) in [5.74, 6) is -0.660. The zero-order chi connectivity index (χ0) is 24.6. The molecule has 2 aliphatic heterocycles. The van der Waals surface area contributed by atoms with E-state index >= 15 is 0 Å². The molecule has 36 heavy (non-hydrogen) atoms. The maximum atomic E-state index is 13.5. The molecule has 186 valence electrons. The van der Waals surface area contributed by atoms with Crippen molar-refractivity contribution < 1.29 is 13.6 Å². The Morgan fingerprint density at radius 3 is 2.50 bits per heavy atom. The first-order chi connectivity index (χ1) is 17.6. The monoisotopic (exact) mass is 490 g/mol. The Bertz CT molecular complexity index is 1420. The van der Waals surface area contributed by atoms with Crippen molar-refractivity contribution in [2.75, 3.05) is 50.7 Å². The predicted octanol–water partition coefficient (Wildman–Crippen LogP) is 3.99. The largest absolute Gasteiger partial charge is 0.352 e. The van der Waals surface area contributed by atoms with Crippen LogP contribution in [0.3, 0.4) is 0 Å². The minimum atomic E-state index is -0.810. The first-order valence-corrected chi connectivity index (χ1v) is 12.5. The van der Waals surface area contributed by atoms with Crippen LogP contribution in [-0.2, 0) is 6.42 Å². The summed E-state index contributed by atoms with van der Waals surface area (Å²) in [6.07, 6.45) is 4.40. The summed E-state index contributed by atoms with van der Waals surface area (Å²) in [5.41, 5.74) is 4.14. The third-order valence-electron chi connectivity index (χ3n) is 7.37. The van der Waals surface area contributed by atoms with Gasteiger partial charge >= 0.3 is 0 Å². The molecule has 2 saturated heterocycles. The molecule has 0 atom stereocenters. The summed E-state index contributed by atoms with van der Waals surface area (Å²) in [6, 6.07) is 9.91. The van der Waals surface area contributed by atoms with E-state index in [9.17, 15) is 13.6 Å². The van der Waals surface area contributed by atoms with Gasteiger partial charge in [0.1, 0.15) is 17.4 Å². The Morgan fingerprint density at radius 1 is 0.917 bits per heavy atom. The number of benzene rings is 2. The number of hydrogen-bond acceptors (Lipinski definition) is 5. The van der Waals surface area contributed by atoms with E-state index in [2.05, 4.69) is 24.8 Å². The van der Waals surface area contributed by atoms with Gasteiger partial charge in [-0.05, 0) is 55.2 Å². The second kappa shape index (κ2) is 9.46. The number of amides is 1. The van der Waals surface area contributed by atoms with Crippen LogP contribution in [0.15, 0.2) is 42.7 Å². The average molecular weight is 491 g/mol. The number of H-pyrrole nitrogens is 1. The first-order valence-electron chi connectivity index (χ1n) is 12.5. The number of halogens is 2. The van der Waals surface area contributed by atoms with Gasteiger partial charge in [0.25, 0.3) is 5.91 Å². The van der Waals surface area contributed by atoms with E-state index in [0.29, 0.717) is 12.0 Å². The summed E-state index contributed by atoms with van der Waals surface area (Å²) in [7, 11) is 0. The number of carbonyl (C=O) groups is 1. The van der Waals surface area contributed by atoms with Gasteiger partial charge in [-0.1, -0.05) is 6.07 Å². The van der Waals surface area contributed by atoms with Gasteiger partial charge in [0.2, 0.25) is 0 Å². The minimum Gasteiger partial charge on any atom is -0.352 e. The Hall–Kier alpha value is -3.59. The third kappa shape index (κ3) is 4.28. The normalized spacial score (nSPS) is 16.9. The molecule has 2 aliphatic rings. The second-order valence-electron chi connectivity index (χ2n) is 9.63. The van der Waals surface area contributed by atoms with Crippen LogP contribution in [0, 0.1) is 11.6 Å². The highest BCUT2D eigenvalue weighted by atomic mass is 19.2. The van der Waals surface area contributed by atoms with E-state index < -0.39 is 11.6 Å². The Balaban J connectivity index is 1.17. The molecular formula is C27H28F2N6O. The van der Waals surface area contributed by atoms with Crippen molar-refractivity contribution in [1.29, 1.82) is 0 Å². The van der Waals surface area contributed by atoms with E-state index in [1.165, 1.54) is 12.1 Å². The number of fused-ring (bicyclic) bond motifs is 3. The van der Waals surface area contributed by atoms with E-state index in [1.807, 2.05) is 23.1 Å². The van der Waals surface area contributed by atoms with E-state index in [1.54, 1.807) is 12.4 Å². The lowest BCUT2D eigenvalue weighted by Crippen LogP contribution is -2.47. The quantitative estimate of drug-likeness (QED) is 0.458. The molecule has 4 heterocycles.